The molecule has 0 atom stereocenters. The second-order valence-electron chi connectivity index (χ2n) is 5.70. The maximum absolute atomic E-state index is 13.0. The molecule has 8 heteroatoms. The molecule has 0 spiro atoms. The number of anilines is 2. The number of benzene rings is 1. The third-order valence-electron chi connectivity index (χ3n) is 3.50. The van der Waals surface area contributed by atoms with Crippen molar-refractivity contribution in [2.45, 2.75) is 6.92 Å². The minimum Gasteiger partial charge on any atom is -0.361 e. The maximum Gasteiger partial charge on any atom is 0.277 e. The highest BCUT2D eigenvalue weighted by atomic mass is 19.1. The highest BCUT2D eigenvalue weighted by Crippen LogP contribution is 2.22. The number of halogens is 1. The van der Waals surface area contributed by atoms with Gasteiger partial charge in [0.25, 0.3) is 5.91 Å². The number of hydrogen-bond acceptors (Lipinski definition) is 5. The minimum absolute atomic E-state index is 0.148. The van der Waals surface area contributed by atoms with E-state index in [1.54, 1.807) is 18.2 Å². The monoisotopic (exact) mass is 340 g/mol. The van der Waals surface area contributed by atoms with Crippen LogP contribution in [0.2, 0.25) is 0 Å². The summed E-state index contributed by atoms with van der Waals surface area (Å²) in [6, 6.07) is 9.35. The number of amides is 1. The number of hydrogen-bond donors (Lipinski definition) is 1. The van der Waals surface area contributed by atoms with E-state index in [0.29, 0.717) is 17.2 Å². The molecule has 0 aliphatic carbocycles. The molecule has 0 radical (unpaired) electrons. The number of rotatable bonds is 4. The van der Waals surface area contributed by atoms with Gasteiger partial charge in [-0.25, -0.2) is 14.1 Å². The van der Waals surface area contributed by atoms with Crippen LogP contribution in [0, 0.1) is 12.7 Å². The zero-order chi connectivity index (χ0) is 18.0. The zero-order valence-electron chi connectivity index (χ0n) is 14.1. The van der Waals surface area contributed by atoms with Crippen LogP contribution in [-0.2, 0) is 0 Å². The molecule has 0 aliphatic heterocycles. The lowest BCUT2D eigenvalue weighted by atomic mass is 10.3. The topological polar surface area (TPSA) is 75.9 Å². The second kappa shape index (κ2) is 6.68. The number of nitrogens with one attached hydrogen (secondary N) is 1. The zero-order valence-corrected chi connectivity index (χ0v) is 14.1. The summed E-state index contributed by atoms with van der Waals surface area (Å²) in [4.78, 5) is 18.7. The molecule has 0 saturated carbocycles. The Morgan fingerprint density at radius 2 is 1.88 bits per heavy atom. The van der Waals surface area contributed by atoms with Crippen LogP contribution < -0.4 is 10.2 Å². The van der Waals surface area contributed by atoms with E-state index in [1.807, 2.05) is 32.0 Å². The number of pyridine rings is 1. The highest BCUT2D eigenvalue weighted by molar-refractivity contribution is 6.04. The molecule has 0 aliphatic rings. The summed E-state index contributed by atoms with van der Waals surface area (Å²) in [6.45, 7) is 1.88. The van der Waals surface area contributed by atoms with E-state index >= 15 is 0 Å². The molecular formula is C17H17FN6O. The second-order valence-corrected chi connectivity index (χ2v) is 5.70. The molecule has 2 heterocycles. The molecule has 0 fully saturated rings. The number of aromatic nitrogens is 4. The van der Waals surface area contributed by atoms with E-state index in [2.05, 4.69) is 20.6 Å². The van der Waals surface area contributed by atoms with Gasteiger partial charge in [-0.15, -0.1) is 5.10 Å². The predicted octanol–water partition coefficient (Wildman–Crippen LogP) is 2.43. The van der Waals surface area contributed by atoms with Crippen LogP contribution in [-0.4, -0.2) is 40.0 Å². The van der Waals surface area contributed by atoms with Crippen LogP contribution in [0.4, 0.5) is 15.9 Å². The minimum atomic E-state index is -0.401. The number of carbonyl (C=O) groups excluding carboxylic acids is 1. The van der Waals surface area contributed by atoms with E-state index in [0.717, 1.165) is 5.69 Å². The van der Waals surface area contributed by atoms with E-state index in [9.17, 15) is 9.18 Å². The first kappa shape index (κ1) is 16.6. The molecule has 25 heavy (non-hydrogen) atoms. The maximum atomic E-state index is 13.0. The van der Waals surface area contributed by atoms with Gasteiger partial charge in [0.2, 0.25) is 0 Å². The molecule has 0 unspecified atom stereocenters. The van der Waals surface area contributed by atoms with E-state index in [1.165, 1.54) is 23.0 Å². The third-order valence-corrected chi connectivity index (χ3v) is 3.50. The van der Waals surface area contributed by atoms with Gasteiger partial charge in [-0.2, -0.15) is 0 Å². The Labute approximate surface area is 144 Å². The Morgan fingerprint density at radius 3 is 2.56 bits per heavy atom. The molecule has 1 N–H and O–H groups in total. The Kier molecular flexibility index (Phi) is 4.42. The van der Waals surface area contributed by atoms with Crippen molar-refractivity contribution < 1.29 is 9.18 Å². The highest BCUT2D eigenvalue weighted by Gasteiger charge is 2.15. The average molecular weight is 340 g/mol. The van der Waals surface area contributed by atoms with Gasteiger partial charge in [0.05, 0.1) is 17.6 Å². The summed E-state index contributed by atoms with van der Waals surface area (Å²) in [5, 5.41) is 10.6. The summed E-state index contributed by atoms with van der Waals surface area (Å²) in [6.07, 6.45) is 1.49. The first-order valence-corrected chi connectivity index (χ1v) is 7.58. The molecule has 1 amide bonds. The summed E-state index contributed by atoms with van der Waals surface area (Å²) >= 11 is 0. The van der Waals surface area contributed by atoms with Crippen molar-refractivity contribution in [3.8, 4) is 5.69 Å². The Bertz CT molecular complexity index is 904. The number of nitrogens with zero attached hydrogens (tertiary/aromatic N) is 5. The van der Waals surface area contributed by atoms with Crippen LogP contribution in [0.15, 0.2) is 42.6 Å². The van der Waals surface area contributed by atoms with Crippen molar-refractivity contribution in [2.24, 2.45) is 0 Å². The van der Waals surface area contributed by atoms with Gasteiger partial charge in [-0.05, 0) is 43.3 Å². The van der Waals surface area contributed by atoms with Crippen LogP contribution >= 0.6 is 0 Å². The van der Waals surface area contributed by atoms with Gasteiger partial charge in [0.15, 0.2) is 11.5 Å². The Hall–Kier alpha value is -3.29. The van der Waals surface area contributed by atoms with Crippen LogP contribution in [0.1, 0.15) is 16.2 Å². The Balaban J connectivity index is 1.82. The molecule has 3 rings (SSSR count). The normalized spacial score (nSPS) is 10.6. The first-order valence-electron chi connectivity index (χ1n) is 7.58. The Morgan fingerprint density at radius 1 is 1.16 bits per heavy atom. The van der Waals surface area contributed by atoms with Crippen molar-refractivity contribution in [1.29, 1.82) is 0 Å². The molecule has 0 bridgehead atoms. The SMILES string of the molecule is Cc1ccc(NC(=O)c2cn(-c3ccc(F)cc3)nn2)c(N(C)C)n1. The lowest BCUT2D eigenvalue weighted by Crippen LogP contribution is -2.18. The molecule has 7 nitrogen and oxygen atoms in total. The van der Waals surface area contributed by atoms with E-state index in [4.69, 9.17) is 0 Å². The summed E-state index contributed by atoms with van der Waals surface area (Å²) in [5.41, 5.74) is 2.19. The summed E-state index contributed by atoms with van der Waals surface area (Å²) in [5.74, 6) is -0.0914. The molecule has 3 aromatic rings. The fraction of sp³-hybridized carbons (Fsp3) is 0.176. The van der Waals surface area contributed by atoms with Crippen molar-refractivity contribution in [3.05, 3.63) is 59.8 Å². The third kappa shape index (κ3) is 3.63. The van der Waals surface area contributed by atoms with Gasteiger partial charge in [0, 0.05) is 19.8 Å². The van der Waals surface area contributed by atoms with Crippen LogP contribution in [0.25, 0.3) is 5.69 Å². The van der Waals surface area contributed by atoms with Gasteiger partial charge in [-0.1, -0.05) is 5.21 Å². The van der Waals surface area contributed by atoms with Crippen molar-refractivity contribution in [1.82, 2.24) is 20.0 Å². The molecule has 1 aromatic carbocycles. The first-order chi connectivity index (χ1) is 11.9. The molecule has 0 saturated heterocycles. The quantitative estimate of drug-likeness (QED) is 0.789. The van der Waals surface area contributed by atoms with E-state index in [-0.39, 0.29) is 11.5 Å². The number of aryl methyl sites for hydroxylation is 1. The van der Waals surface area contributed by atoms with E-state index < -0.39 is 5.91 Å². The lowest BCUT2D eigenvalue weighted by Gasteiger charge is -2.16. The molecule has 2 aromatic heterocycles. The summed E-state index contributed by atoms with van der Waals surface area (Å²) in [7, 11) is 3.70. The van der Waals surface area contributed by atoms with Gasteiger partial charge < -0.3 is 10.2 Å². The van der Waals surface area contributed by atoms with Gasteiger partial charge in [0.1, 0.15) is 5.82 Å². The van der Waals surface area contributed by atoms with Crippen molar-refractivity contribution >= 4 is 17.4 Å². The smallest absolute Gasteiger partial charge is 0.277 e. The number of carbonyl (C=O) groups is 1. The standard InChI is InChI=1S/C17H17FN6O/c1-11-4-9-14(16(19-11)23(2)3)20-17(25)15-10-24(22-21-15)13-7-5-12(18)6-8-13/h4-10H,1-3H3,(H,20,25). The van der Waals surface area contributed by atoms with Gasteiger partial charge in [-0.3, -0.25) is 4.79 Å². The average Bonchev–Trinajstić information content (AvgIpc) is 3.07. The lowest BCUT2D eigenvalue weighted by molar-refractivity contribution is 0.102. The van der Waals surface area contributed by atoms with Crippen LogP contribution in [0.5, 0.6) is 0 Å². The fourth-order valence-electron chi connectivity index (χ4n) is 2.26. The molecular weight excluding hydrogens is 323 g/mol. The summed E-state index contributed by atoms with van der Waals surface area (Å²) < 4.78 is 14.4. The predicted molar refractivity (Wildman–Crippen MR) is 92.6 cm³/mol. The van der Waals surface area contributed by atoms with Gasteiger partial charge >= 0.3 is 0 Å². The van der Waals surface area contributed by atoms with Crippen molar-refractivity contribution in [2.75, 3.05) is 24.3 Å². The largest absolute Gasteiger partial charge is 0.361 e. The fourth-order valence-corrected chi connectivity index (χ4v) is 2.26. The van der Waals surface area contributed by atoms with Crippen LogP contribution in [0.3, 0.4) is 0 Å². The molecule has 128 valence electrons. The van der Waals surface area contributed by atoms with Crippen molar-refractivity contribution in [3.63, 3.8) is 0 Å².